The van der Waals surface area contributed by atoms with Gasteiger partial charge in [0.1, 0.15) is 0 Å². The number of rotatable bonds is 2. The Hall–Kier alpha value is -0.550. The van der Waals surface area contributed by atoms with E-state index in [9.17, 15) is 0 Å². The Morgan fingerprint density at radius 2 is 2.12 bits per heavy atom. The molecule has 2 nitrogen and oxygen atoms in total. The summed E-state index contributed by atoms with van der Waals surface area (Å²) in [4.78, 5) is 0. The number of hydrogen-bond donors (Lipinski definition) is 1. The molecule has 0 aliphatic carbocycles. The van der Waals surface area contributed by atoms with Crippen LogP contribution in [0.1, 0.15) is 26.7 Å². The first-order valence-electron chi connectivity index (χ1n) is 2.70. The van der Waals surface area contributed by atoms with Crippen molar-refractivity contribution in [3.8, 4) is 6.07 Å². The van der Waals surface area contributed by atoms with Crippen LogP contribution in [0.5, 0.6) is 0 Å². The summed E-state index contributed by atoms with van der Waals surface area (Å²) in [6.07, 6.45) is 2.16. The molecule has 2 heteroatoms. The third-order valence-electron chi connectivity index (χ3n) is 0.942. The third kappa shape index (κ3) is 5.45. The maximum absolute atomic E-state index is 8.22. The van der Waals surface area contributed by atoms with Crippen LogP contribution in [-0.2, 0) is 0 Å². The van der Waals surface area contributed by atoms with Crippen LogP contribution < -0.4 is 6.15 Å². The van der Waals surface area contributed by atoms with Gasteiger partial charge in [-0.1, -0.05) is 13.3 Å². The molecule has 0 aliphatic heterocycles. The fourth-order valence-electron chi connectivity index (χ4n) is 0.498. The molecule has 0 heterocycles. The van der Waals surface area contributed by atoms with E-state index in [2.05, 4.69) is 13.0 Å². The van der Waals surface area contributed by atoms with Crippen LogP contribution in [0.15, 0.2) is 0 Å². The van der Waals surface area contributed by atoms with E-state index in [1.807, 2.05) is 6.92 Å². The SMILES string of the molecule is CCCC(C)C#N.N. The first kappa shape index (κ1) is 10.4. The van der Waals surface area contributed by atoms with Gasteiger partial charge in [0.2, 0.25) is 0 Å². The largest absolute Gasteiger partial charge is 0.344 e. The molecule has 0 aromatic rings. The molecule has 0 fully saturated rings. The minimum atomic E-state index is 0. The summed E-state index contributed by atoms with van der Waals surface area (Å²) in [5.41, 5.74) is 0. The van der Waals surface area contributed by atoms with E-state index in [4.69, 9.17) is 5.26 Å². The Morgan fingerprint density at radius 1 is 1.62 bits per heavy atom. The number of hydrogen-bond acceptors (Lipinski definition) is 2. The van der Waals surface area contributed by atoms with E-state index in [0.29, 0.717) is 0 Å². The molecule has 0 amide bonds. The van der Waals surface area contributed by atoms with Crippen LogP contribution in [0.3, 0.4) is 0 Å². The summed E-state index contributed by atoms with van der Waals surface area (Å²) in [7, 11) is 0. The van der Waals surface area contributed by atoms with E-state index in [-0.39, 0.29) is 12.1 Å². The standard InChI is InChI=1S/C6H11N.H3N/c1-3-4-6(2)5-7;/h6H,3-4H2,1-2H3;1H3. The molecule has 8 heavy (non-hydrogen) atoms. The second-order valence-electron chi connectivity index (χ2n) is 1.82. The number of nitriles is 1. The van der Waals surface area contributed by atoms with Gasteiger partial charge in [-0.2, -0.15) is 5.26 Å². The van der Waals surface area contributed by atoms with Crippen LogP contribution in [0.25, 0.3) is 0 Å². The summed E-state index contributed by atoms with van der Waals surface area (Å²) < 4.78 is 0. The van der Waals surface area contributed by atoms with Gasteiger partial charge in [-0.05, 0) is 13.3 Å². The van der Waals surface area contributed by atoms with Crippen molar-refractivity contribution in [2.24, 2.45) is 5.92 Å². The van der Waals surface area contributed by atoms with Gasteiger partial charge in [0.05, 0.1) is 6.07 Å². The Labute approximate surface area is 51.1 Å². The Kier molecular flexibility index (Phi) is 8.41. The molecule has 0 saturated carbocycles. The van der Waals surface area contributed by atoms with Crippen LogP contribution in [0.2, 0.25) is 0 Å². The molecule has 0 aliphatic rings. The van der Waals surface area contributed by atoms with Gasteiger partial charge >= 0.3 is 0 Å². The highest BCUT2D eigenvalue weighted by molar-refractivity contribution is 4.77. The molecule has 0 bridgehead atoms. The molecule has 0 radical (unpaired) electrons. The highest BCUT2D eigenvalue weighted by Gasteiger charge is 1.92. The molecule has 48 valence electrons. The zero-order valence-electron chi connectivity index (χ0n) is 5.65. The molecule has 0 aromatic carbocycles. The van der Waals surface area contributed by atoms with Crippen molar-refractivity contribution < 1.29 is 0 Å². The van der Waals surface area contributed by atoms with Crippen molar-refractivity contribution in [2.45, 2.75) is 26.7 Å². The summed E-state index contributed by atoms with van der Waals surface area (Å²) >= 11 is 0. The van der Waals surface area contributed by atoms with E-state index in [1.54, 1.807) is 0 Å². The van der Waals surface area contributed by atoms with Crippen LogP contribution in [-0.4, -0.2) is 0 Å². The predicted molar refractivity (Wildman–Crippen MR) is 34.7 cm³/mol. The van der Waals surface area contributed by atoms with Gasteiger partial charge in [0, 0.05) is 5.92 Å². The van der Waals surface area contributed by atoms with Crippen molar-refractivity contribution in [1.82, 2.24) is 6.15 Å². The van der Waals surface area contributed by atoms with Crippen molar-refractivity contribution in [2.75, 3.05) is 0 Å². The van der Waals surface area contributed by atoms with Gasteiger partial charge in [0.15, 0.2) is 0 Å². The molecule has 3 N–H and O–H groups in total. The van der Waals surface area contributed by atoms with Crippen molar-refractivity contribution in [1.29, 1.82) is 5.26 Å². The molecule has 0 rings (SSSR count). The van der Waals surface area contributed by atoms with E-state index >= 15 is 0 Å². The van der Waals surface area contributed by atoms with Crippen LogP contribution in [0.4, 0.5) is 0 Å². The quantitative estimate of drug-likeness (QED) is 0.597. The minimum Gasteiger partial charge on any atom is -0.344 e. The lowest BCUT2D eigenvalue weighted by Gasteiger charge is -1.92. The van der Waals surface area contributed by atoms with Gasteiger partial charge in [0.25, 0.3) is 0 Å². The normalized spacial score (nSPS) is 11.1. The van der Waals surface area contributed by atoms with Crippen molar-refractivity contribution in [3.05, 3.63) is 0 Å². The van der Waals surface area contributed by atoms with Crippen molar-refractivity contribution in [3.63, 3.8) is 0 Å². The first-order chi connectivity index (χ1) is 3.31. The highest BCUT2D eigenvalue weighted by Crippen LogP contribution is 2.00. The average molecular weight is 114 g/mol. The Bertz CT molecular complexity index is 73.1. The average Bonchev–Trinajstić information content (AvgIpc) is 1.68. The monoisotopic (exact) mass is 114 g/mol. The third-order valence-corrected chi connectivity index (χ3v) is 0.942. The zero-order valence-corrected chi connectivity index (χ0v) is 5.65. The predicted octanol–water partition coefficient (Wildman–Crippen LogP) is 2.11. The second-order valence-corrected chi connectivity index (χ2v) is 1.82. The van der Waals surface area contributed by atoms with E-state index in [1.165, 1.54) is 0 Å². The van der Waals surface area contributed by atoms with E-state index < -0.39 is 0 Å². The Morgan fingerprint density at radius 3 is 2.25 bits per heavy atom. The molecule has 0 saturated heterocycles. The molecule has 0 aromatic heterocycles. The summed E-state index contributed by atoms with van der Waals surface area (Å²) in [6.45, 7) is 4.04. The number of nitrogens with zero attached hydrogens (tertiary/aromatic N) is 1. The molecule has 0 spiro atoms. The molecule has 1 atom stereocenters. The fraction of sp³-hybridized carbons (Fsp3) is 0.833. The lowest BCUT2D eigenvalue weighted by Crippen LogP contribution is -1.85. The van der Waals surface area contributed by atoms with Gasteiger partial charge in [-0.3, -0.25) is 0 Å². The molecular formula is C6H14N2. The van der Waals surface area contributed by atoms with Gasteiger partial charge in [-0.25, -0.2) is 0 Å². The van der Waals surface area contributed by atoms with Gasteiger partial charge in [-0.15, -0.1) is 0 Å². The maximum Gasteiger partial charge on any atom is 0.0652 e. The van der Waals surface area contributed by atoms with Crippen LogP contribution in [0, 0.1) is 17.2 Å². The minimum absolute atomic E-state index is 0. The lowest BCUT2D eigenvalue weighted by molar-refractivity contribution is 0.646. The van der Waals surface area contributed by atoms with E-state index in [0.717, 1.165) is 12.8 Å². The Balaban J connectivity index is 0. The highest BCUT2D eigenvalue weighted by atomic mass is 14.2. The summed E-state index contributed by atoms with van der Waals surface area (Å²) in [5, 5.41) is 8.22. The lowest BCUT2D eigenvalue weighted by atomic mass is 10.1. The maximum atomic E-state index is 8.22. The summed E-state index contributed by atoms with van der Waals surface area (Å²) in [5.74, 6) is 0.255. The summed E-state index contributed by atoms with van der Waals surface area (Å²) in [6, 6.07) is 2.17. The topological polar surface area (TPSA) is 58.8 Å². The molecular weight excluding hydrogens is 100 g/mol. The second kappa shape index (κ2) is 6.45. The molecule has 1 unspecified atom stereocenters. The van der Waals surface area contributed by atoms with Crippen LogP contribution >= 0.6 is 0 Å². The fourth-order valence-corrected chi connectivity index (χ4v) is 0.498. The smallest absolute Gasteiger partial charge is 0.0652 e. The first-order valence-corrected chi connectivity index (χ1v) is 2.70. The van der Waals surface area contributed by atoms with Gasteiger partial charge < -0.3 is 6.15 Å². The van der Waals surface area contributed by atoms with Crippen molar-refractivity contribution >= 4 is 0 Å². The zero-order chi connectivity index (χ0) is 5.70.